The number of fused-ring (bicyclic) bond motifs is 1. The molecule has 0 spiro atoms. The number of anilines is 1. The molecular weight excluding hydrogens is 408 g/mol. The van der Waals surface area contributed by atoms with Gasteiger partial charge in [-0.25, -0.2) is 8.42 Å². The zero-order chi connectivity index (χ0) is 20.6. The quantitative estimate of drug-likeness (QED) is 0.729. The maximum absolute atomic E-state index is 13.0. The van der Waals surface area contributed by atoms with Gasteiger partial charge >= 0.3 is 0 Å². The van der Waals surface area contributed by atoms with E-state index in [9.17, 15) is 18.0 Å². The summed E-state index contributed by atoms with van der Waals surface area (Å²) in [5.41, 5.74) is 1.71. The lowest BCUT2D eigenvalue weighted by molar-refractivity contribution is -0.121. The van der Waals surface area contributed by atoms with Gasteiger partial charge in [-0.2, -0.15) is 0 Å². The highest BCUT2D eigenvalue weighted by molar-refractivity contribution is 7.92. The van der Waals surface area contributed by atoms with Gasteiger partial charge in [-0.05, 0) is 61.4 Å². The molecule has 29 heavy (non-hydrogen) atoms. The molecule has 4 rings (SSSR count). The molecule has 1 aliphatic heterocycles. The summed E-state index contributed by atoms with van der Waals surface area (Å²) < 4.78 is 26.0. The molecule has 8 heteroatoms. The number of benzene rings is 1. The van der Waals surface area contributed by atoms with Crippen LogP contribution in [0.2, 0.25) is 0 Å². The van der Waals surface area contributed by atoms with E-state index in [1.807, 2.05) is 17.5 Å². The lowest BCUT2D eigenvalue weighted by Crippen LogP contribution is -2.30. The molecule has 6 nitrogen and oxygen atoms in total. The van der Waals surface area contributed by atoms with Gasteiger partial charge in [0.25, 0.3) is 0 Å². The number of hydrogen-bond acceptors (Lipinski definition) is 5. The standard InChI is InChI=1S/C21H24N2O4S2/c1-14(11-20(24)22-13-17-3-2-10-28-17)29(26,27)18-6-7-19-16(12-18)8-9-23(19)21(25)15-4-5-15/h2-3,6-7,10,12,14-15H,4-5,8-9,11,13H2,1H3,(H,22,24)/t14-/m0/s1. The molecule has 1 N–H and O–H groups in total. The molecule has 1 aromatic carbocycles. The summed E-state index contributed by atoms with van der Waals surface area (Å²) in [5, 5.41) is 3.89. The van der Waals surface area contributed by atoms with Gasteiger partial charge in [-0.1, -0.05) is 6.07 Å². The summed E-state index contributed by atoms with van der Waals surface area (Å²) in [6, 6.07) is 8.80. The van der Waals surface area contributed by atoms with Crippen molar-refractivity contribution in [2.45, 2.75) is 49.3 Å². The van der Waals surface area contributed by atoms with E-state index >= 15 is 0 Å². The summed E-state index contributed by atoms with van der Waals surface area (Å²) >= 11 is 1.54. The number of nitrogens with one attached hydrogen (secondary N) is 1. The van der Waals surface area contributed by atoms with Crippen LogP contribution < -0.4 is 10.2 Å². The molecule has 2 aromatic rings. The zero-order valence-electron chi connectivity index (χ0n) is 16.3. The second kappa shape index (κ2) is 7.91. The smallest absolute Gasteiger partial charge is 0.230 e. The van der Waals surface area contributed by atoms with Gasteiger partial charge in [-0.15, -0.1) is 11.3 Å². The zero-order valence-corrected chi connectivity index (χ0v) is 17.9. The average Bonchev–Trinajstić information content (AvgIpc) is 3.25. The molecular formula is C21H24N2O4S2. The Kier molecular flexibility index (Phi) is 5.48. The first-order chi connectivity index (χ1) is 13.9. The fraction of sp³-hybridized carbons (Fsp3) is 0.429. The van der Waals surface area contributed by atoms with E-state index in [0.717, 1.165) is 29.0 Å². The summed E-state index contributed by atoms with van der Waals surface area (Å²) in [6.45, 7) is 2.58. The second-order valence-corrected chi connectivity index (χ2v) is 11.1. The van der Waals surface area contributed by atoms with Crippen LogP contribution in [0.25, 0.3) is 0 Å². The van der Waals surface area contributed by atoms with E-state index in [1.165, 1.54) is 0 Å². The minimum atomic E-state index is -3.63. The molecule has 2 amide bonds. The number of sulfone groups is 1. The first-order valence-electron chi connectivity index (χ1n) is 9.83. The number of thiophene rings is 1. The van der Waals surface area contributed by atoms with E-state index in [-0.39, 0.29) is 29.0 Å². The molecule has 0 bridgehead atoms. The van der Waals surface area contributed by atoms with Crippen LogP contribution in [0.4, 0.5) is 5.69 Å². The minimum absolute atomic E-state index is 0.0862. The van der Waals surface area contributed by atoms with Gasteiger partial charge in [-0.3, -0.25) is 9.59 Å². The Morgan fingerprint density at radius 2 is 2.07 bits per heavy atom. The topological polar surface area (TPSA) is 83.6 Å². The fourth-order valence-electron chi connectivity index (χ4n) is 3.61. The van der Waals surface area contributed by atoms with Crippen molar-refractivity contribution >= 4 is 38.7 Å². The summed E-state index contributed by atoms with van der Waals surface area (Å²) in [7, 11) is -3.63. The Balaban J connectivity index is 1.43. The molecule has 1 fully saturated rings. The highest BCUT2D eigenvalue weighted by atomic mass is 32.2. The SMILES string of the molecule is C[C@@H](CC(=O)NCc1cccs1)S(=O)(=O)c1ccc2c(c1)CCN2C(=O)C1CC1. The third-order valence-corrected chi connectivity index (χ3v) is 8.52. The molecule has 0 unspecified atom stereocenters. The first kappa shape index (κ1) is 20.1. The maximum Gasteiger partial charge on any atom is 0.230 e. The van der Waals surface area contributed by atoms with Gasteiger partial charge in [0.15, 0.2) is 9.84 Å². The molecule has 1 aromatic heterocycles. The van der Waals surface area contributed by atoms with Gasteiger partial charge < -0.3 is 10.2 Å². The molecule has 1 saturated carbocycles. The number of carbonyl (C=O) groups is 2. The van der Waals surface area contributed by atoms with E-state index in [4.69, 9.17) is 0 Å². The Morgan fingerprint density at radius 1 is 1.28 bits per heavy atom. The van der Waals surface area contributed by atoms with Gasteiger partial charge in [0, 0.05) is 29.4 Å². The number of carbonyl (C=O) groups excluding carboxylic acids is 2. The third kappa shape index (κ3) is 4.23. The van der Waals surface area contributed by atoms with Crippen molar-refractivity contribution in [1.82, 2.24) is 5.32 Å². The van der Waals surface area contributed by atoms with Crippen LogP contribution in [0.3, 0.4) is 0 Å². The Labute approximate surface area is 174 Å². The van der Waals surface area contributed by atoms with Crippen molar-refractivity contribution < 1.29 is 18.0 Å². The number of hydrogen-bond donors (Lipinski definition) is 1. The van der Waals surface area contributed by atoms with Gasteiger partial charge in [0.05, 0.1) is 16.7 Å². The number of rotatable bonds is 7. The largest absolute Gasteiger partial charge is 0.351 e. The summed E-state index contributed by atoms with van der Waals surface area (Å²) in [5.74, 6) is 0.00375. The molecule has 1 atom stereocenters. The summed E-state index contributed by atoms with van der Waals surface area (Å²) in [4.78, 5) is 27.6. The predicted molar refractivity (Wildman–Crippen MR) is 113 cm³/mol. The fourth-order valence-corrected chi connectivity index (χ4v) is 5.65. The first-order valence-corrected chi connectivity index (χ1v) is 12.3. The molecule has 0 saturated heterocycles. The lowest BCUT2D eigenvalue weighted by Gasteiger charge is -2.18. The Morgan fingerprint density at radius 3 is 2.76 bits per heavy atom. The molecule has 2 heterocycles. The predicted octanol–water partition coefficient (Wildman–Crippen LogP) is 2.92. The minimum Gasteiger partial charge on any atom is -0.351 e. The van der Waals surface area contributed by atoms with Crippen molar-refractivity contribution in [3.05, 3.63) is 46.2 Å². The van der Waals surface area contributed by atoms with Crippen LogP contribution in [0, 0.1) is 5.92 Å². The number of amides is 2. The Bertz CT molecular complexity index is 1030. The maximum atomic E-state index is 13.0. The van der Waals surface area contributed by atoms with Crippen LogP contribution >= 0.6 is 11.3 Å². The third-order valence-electron chi connectivity index (χ3n) is 5.51. The normalized spacial score (nSPS) is 17.1. The van der Waals surface area contributed by atoms with Crippen LogP contribution in [0.1, 0.15) is 36.6 Å². The van der Waals surface area contributed by atoms with Gasteiger partial charge in [0.1, 0.15) is 0 Å². The van der Waals surface area contributed by atoms with Crippen molar-refractivity contribution in [1.29, 1.82) is 0 Å². The highest BCUT2D eigenvalue weighted by Crippen LogP contribution is 2.37. The van der Waals surface area contributed by atoms with Crippen LogP contribution in [-0.4, -0.2) is 32.0 Å². The van der Waals surface area contributed by atoms with Crippen molar-refractivity contribution in [2.24, 2.45) is 5.92 Å². The van der Waals surface area contributed by atoms with E-state index in [0.29, 0.717) is 19.5 Å². The molecule has 154 valence electrons. The summed E-state index contributed by atoms with van der Waals surface area (Å²) in [6.07, 6.45) is 2.47. The van der Waals surface area contributed by atoms with E-state index < -0.39 is 15.1 Å². The van der Waals surface area contributed by atoms with E-state index in [2.05, 4.69) is 5.32 Å². The van der Waals surface area contributed by atoms with Crippen LogP contribution in [-0.2, 0) is 32.4 Å². The number of nitrogens with zero attached hydrogens (tertiary/aromatic N) is 1. The van der Waals surface area contributed by atoms with Crippen LogP contribution in [0.15, 0.2) is 40.6 Å². The van der Waals surface area contributed by atoms with Crippen molar-refractivity contribution in [2.75, 3.05) is 11.4 Å². The average molecular weight is 433 g/mol. The monoisotopic (exact) mass is 432 g/mol. The molecule has 2 aliphatic rings. The highest BCUT2D eigenvalue weighted by Gasteiger charge is 2.37. The molecule has 0 radical (unpaired) electrons. The lowest BCUT2D eigenvalue weighted by atomic mass is 10.2. The molecule has 1 aliphatic carbocycles. The second-order valence-electron chi connectivity index (χ2n) is 7.72. The van der Waals surface area contributed by atoms with Gasteiger partial charge in [0.2, 0.25) is 11.8 Å². The van der Waals surface area contributed by atoms with Crippen LogP contribution in [0.5, 0.6) is 0 Å². The van der Waals surface area contributed by atoms with E-state index in [1.54, 1.807) is 41.4 Å². The van der Waals surface area contributed by atoms with Crippen molar-refractivity contribution in [3.63, 3.8) is 0 Å². The Hall–Kier alpha value is -2.19. The van der Waals surface area contributed by atoms with Crippen molar-refractivity contribution in [3.8, 4) is 0 Å².